The van der Waals surface area contributed by atoms with E-state index in [9.17, 15) is 9.59 Å². The number of nitrogens with zero attached hydrogens (tertiary/aromatic N) is 2. The zero-order valence-electron chi connectivity index (χ0n) is 10.6. The summed E-state index contributed by atoms with van der Waals surface area (Å²) in [5.74, 6) is 0.843. The van der Waals surface area contributed by atoms with E-state index in [0.717, 1.165) is 18.6 Å². The Bertz CT molecular complexity index is 331. The largest absolute Gasteiger partial charge is 0.468 e. The SMILES string of the molecule is CCNC(=O)N(C(=N)OC)C(=O)N1CCCCS1. The topological polar surface area (TPSA) is 85.7 Å². The molecule has 0 radical (unpaired) electrons. The van der Waals surface area contributed by atoms with Crippen LogP contribution in [-0.4, -0.2) is 53.2 Å². The van der Waals surface area contributed by atoms with Gasteiger partial charge in [-0.15, -0.1) is 0 Å². The van der Waals surface area contributed by atoms with E-state index in [1.54, 1.807) is 6.92 Å². The third-order valence-electron chi connectivity index (χ3n) is 2.33. The highest BCUT2D eigenvalue weighted by Crippen LogP contribution is 2.21. The van der Waals surface area contributed by atoms with Crippen LogP contribution in [0.15, 0.2) is 0 Å². The van der Waals surface area contributed by atoms with Crippen LogP contribution in [0.25, 0.3) is 0 Å². The minimum absolute atomic E-state index is 0.382. The third-order valence-corrected chi connectivity index (χ3v) is 3.46. The molecule has 0 unspecified atom stereocenters. The lowest BCUT2D eigenvalue weighted by Crippen LogP contribution is -2.52. The maximum Gasteiger partial charge on any atom is 0.346 e. The summed E-state index contributed by atoms with van der Waals surface area (Å²) in [5.41, 5.74) is 0. The molecule has 8 heteroatoms. The fourth-order valence-corrected chi connectivity index (χ4v) is 2.45. The molecule has 7 nitrogen and oxygen atoms in total. The minimum Gasteiger partial charge on any atom is -0.468 e. The van der Waals surface area contributed by atoms with Gasteiger partial charge in [0.15, 0.2) is 0 Å². The summed E-state index contributed by atoms with van der Waals surface area (Å²) >= 11 is 1.37. The molecule has 1 saturated heterocycles. The molecule has 2 N–H and O–H groups in total. The first kappa shape index (κ1) is 14.6. The zero-order chi connectivity index (χ0) is 13.5. The van der Waals surface area contributed by atoms with Crippen LogP contribution in [0.4, 0.5) is 9.59 Å². The molecule has 4 amide bonds. The quantitative estimate of drug-likeness (QED) is 0.430. The van der Waals surface area contributed by atoms with Crippen molar-refractivity contribution < 1.29 is 14.3 Å². The van der Waals surface area contributed by atoms with Crippen molar-refractivity contribution in [3.63, 3.8) is 0 Å². The highest BCUT2D eigenvalue weighted by atomic mass is 32.2. The molecule has 0 aromatic rings. The Balaban J connectivity index is 2.77. The molecule has 1 fully saturated rings. The van der Waals surface area contributed by atoms with E-state index >= 15 is 0 Å². The number of imide groups is 1. The molecule has 0 bridgehead atoms. The molecular weight excluding hydrogens is 256 g/mol. The Morgan fingerprint density at radius 1 is 1.50 bits per heavy atom. The van der Waals surface area contributed by atoms with Gasteiger partial charge >= 0.3 is 18.1 Å². The smallest absolute Gasteiger partial charge is 0.346 e. The van der Waals surface area contributed by atoms with Gasteiger partial charge in [0, 0.05) is 18.8 Å². The molecular formula is C10H18N4O3S. The highest BCUT2D eigenvalue weighted by molar-refractivity contribution is 7.97. The summed E-state index contributed by atoms with van der Waals surface area (Å²) in [6.07, 6.45) is 1.96. The highest BCUT2D eigenvalue weighted by Gasteiger charge is 2.32. The van der Waals surface area contributed by atoms with Crippen molar-refractivity contribution in [2.45, 2.75) is 19.8 Å². The summed E-state index contributed by atoms with van der Waals surface area (Å²) < 4.78 is 6.18. The molecule has 0 saturated carbocycles. The zero-order valence-corrected chi connectivity index (χ0v) is 11.4. The second-order valence-corrected chi connectivity index (χ2v) is 4.71. The lowest BCUT2D eigenvalue weighted by molar-refractivity contribution is 0.183. The van der Waals surface area contributed by atoms with Crippen LogP contribution >= 0.6 is 11.9 Å². The van der Waals surface area contributed by atoms with Crippen molar-refractivity contribution in [1.29, 1.82) is 5.41 Å². The molecule has 0 atom stereocenters. The predicted octanol–water partition coefficient (Wildman–Crippen LogP) is 1.46. The van der Waals surface area contributed by atoms with Gasteiger partial charge in [0.1, 0.15) is 0 Å². The van der Waals surface area contributed by atoms with Crippen LogP contribution in [0.3, 0.4) is 0 Å². The number of carbonyl (C=O) groups excluding carboxylic acids is 2. The maximum atomic E-state index is 12.2. The second kappa shape index (κ2) is 7.10. The standard InChI is InChI=1S/C10H18N4O3S/c1-3-12-9(15)14(8(11)17-2)10(16)13-6-4-5-7-18-13/h11H,3-7H2,1-2H3,(H,12,15). The fourth-order valence-electron chi connectivity index (χ4n) is 1.45. The Morgan fingerprint density at radius 2 is 2.22 bits per heavy atom. The summed E-state index contributed by atoms with van der Waals surface area (Å²) in [6.45, 7) is 2.70. The Labute approximate surface area is 110 Å². The Hall–Kier alpha value is -1.44. The van der Waals surface area contributed by atoms with Gasteiger partial charge in [-0.25, -0.2) is 9.59 Å². The van der Waals surface area contributed by atoms with E-state index in [-0.39, 0.29) is 0 Å². The van der Waals surface area contributed by atoms with E-state index in [1.807, 2.05) is 0 Å². The second-order valence-electron chi connectivity index (χ2n) is 3.61. The molecule has 1 rings (SSSR count). The number of urea groups is 2. The first-order valence-corrected chi connectivity index (χ1v) is 6.71. The van der Waals surface area contributed by atoms with E-state index in [2.05, 4.69) is 10.1 Å². The van der Waals surface area contributed by atoms with Gasteiger partial charge in [-0.3, -0.25) is 9.71 Å². The van der Waals surface area contributed by atoms with Crippen molar-refractivity contribution in [1.82, 2.24) is 14.5 Å². The molecule has 1 aliphatic heterocycles. The van der Waals surface area contributed by atoms with Crippen LogP contribution < -0.4 is 5.32 Å². The van der Waals surface area contributed by atoms with Crippen molar-refractivity contribution >= 4 is 30.0 Å². The maximum absolute atomic E-state index is 12.2. The molecule has 0 aromatic heterocycles. The van der Waals surface area contributed by atoms with Gasteiger partial charge < -0.3 is 10.1 Å². The lowest BCUT2D eigenvalue weighted by Gasteiger charge is -2.29. The van der Waals surface area contributed by atoms with Gasteiger partial charge in [0.2, 0.25) is 0 Å². The van der Waals surface area contributed by atoms with E-state index < -0.39 is 18.1 Å². The van der Waals surface area contributed by atoms with Crippen LogP contribution in [-0.2, 0) is 4.74 Å². The van der Waals surface area contributed by atoms with Gasteiger partial charge in [-0.05, 0) is 31.7 Å². The average Bonchev–Trinajstić information content (AvgIpc) is 2.40. The number of hydrogen-bond acceptors (Lipinski definition) is 5. The molecule has 1 heterocycles. The summed E-state index contributed by atoms with van der Waals surface area (Å²) in [5, 5.41) is 10.0. The molecule has 0 spiro atoms. The lowest BCUT2D eigenvalue weighted by atomic mass is 10.3. The average molecular weight is 274 g/mol. The van der Waals surface area contributed by atoms with Crippen LogP contribution in [0, 0.1) is 5.41 Å². The number of amidine groups is 1. The van der Waals surface area contributed by atoms with Gasteiger partial charge in [0.05, 0.1) is 7.11 Å². The Morgan fingerprint density at radius 3 is 2.72 bits per heavy atom. The summed E-state index contributed by atoms with van der Waals surface area (Å²) in [7, 11) is 1.26. The first-order valence-electron chi connectivity index (χ1n) is 5.76. The number of rotatable bonds is 1. The number of nitrogens with one attached hydrogen (secondary N) is 2. The number of methoxy groups -OCH3 is 1. The van der Waals surface area contributed by atoms with Crippen LogP contribution in [0.2, 0.25) is 0 Å². The van der Waals surface area contributed by atoms with Crippen molar-refractivity contribution in [2.75, 3.05) is 26.0 Å². The monoisotopic (exact) mass is 274 g/mol. The summed E-state index contributed by atoms with van der Waals surface area (Å²) in [4.78, 5) is 24.6. The fraction of sp³-hybridized carbons (Fsp3) is 0.700. The van der Waals surface area contributed by atoms with Crippen LogP contribution in [0.1, 0.15) is 19.8 Å². The third kappa shape index (κ3) is 3.52. The molecule has 18 heavy (non-hydrogen) atoms. The number of ether oxygens (including phenoxy) is 1. The van der Waals surface area contributed by atoms with Crippen molar-refractivity contribution in [3.8, 4) is 0 Å². The molecule has 0 aromatic carbocycles. The van der Waals surface area contributed by atoms with Crippen LogP contribution in [0.5, 0.6) is 0 Å². The normalized spacial score (nSPS) is 14.9. The van der Waals surface area contributed by atoms with Crippen molar-refractivity contribution in [3.05, 3.63) is 0 Å². The van der Waals surface area contributed by atoms with Crippen molar-refractivity contribution in [2.24, 2.45) is 0 Å². The van der Waals surface area contributed by atoms with E-state index in [4.69, 9.17) is 5.41 Å². The minimum atomic E-state index is -0.638. The number of hydrogen-bond donors (Lipinski definition) is 2. The predicted molar refractivity (Wildman–Crippen MR) is 69.4 cm³/mol. The molecule has 102 valence electrons. The Kier molecular flexibility index (Phi) is 5.76. The van der Waals surface area contributed by atoms with E-state index in [1.165, 1.54) is 23.4 Å². The first-order chi connectivity index (χ1) is 8.61. The van der Waals surface area contributed by atoms with Gasteiger partial charge in [0.25, 0.3) is 0 Å². The molecule has 1 aliphatic rings. The molecule has 0 aliphatic carbocycles. The summed E-state index contributed by atoms with van der Waals surface area (Å²) in [6, 6.07) is -1.64. The van der Waals surface area contributed by atoms with E-state index in [0.29, 0.717) is 18.0 Å². The van der Waals surface area contributed by atoms with Gasteiger partial charge in [-0.2, -0.15) is 4.90 Å². The number of carbonyl (C=O) groups is 2. The number of amides is 4. The van der Waals surface area contributed by atoms with Gasteiger partial charge in [-0.1, -0.05) is 0 Å².